The number of amides is 1. The number of nitrogen functional groups attached to an aromatic ring is 1. The van der Waals surface area contributed by atoms with E-state index in [0.29, 0.717) is 11.5 Å². The van der Waals surface area contributed by atoms with Gasteiger partial charge in [0.1, 0.15) is 5.82 Å². The first-order valence-corrected chi connectivity index (χ1v) is 6.70. The van der Waals surface area contributed by atoms with Gasteiger partial charge in [0.05, 0.1) is 11.9 Å². The number of hydrogen-bond acceptors (Lipinski definition) is 3. The molecule has 2 rings (SSSR count). The van der Waals surface area contributed by atoms with E-state index < -0.39 is 0 Å². The molecule has 0 aromatic carbocycles. The van der Waals surface area contributed by atoms with Crippen LogP contribution in [0.1, 0.15) is 44.1 Å². The summed E-state index contributed by atoms with van der Waals surface area (Å²) in [7, 11) is 0. The minimum absolute atomic E-state index is 0.109. The van der Waals surface area contributed by atoms with Gasteiger partial charge >= 0.3 is 0 Å². The Hall–Kier alpha value is -1.58. The summed E-state index contributed by atoms with van der Waals surface area (Å²) >= 11 is 0. The fraction of sp³-hybridized carbons (Fsp3) is 0.571. The van der Waals surface area contributed by atoms with Gasteiger partial charge in [-0.1, -0.05) is 25.7 Å². The van der Waals surface area contributed by atoms with Gasteiger partial charge in [-0.3, -0.25) is 4.79 Å². The molecule has 1 aromatic heterocycles. The number of anilines is 2. The predicted octanol–water partition coefficient (Wildman–Crippen LogP) is 2.88. The molecule has 1 amide bonds. The fourth-order valence-corrected chi connectivity index (χ4v) is 2.49. The first-order chi connectivity index (χ1) is 8.66. The highest BCUT2D eigenvalue weighted by Crippen LogP contribution is 2.24. The number of aromatic nitrogens is 1. The monoisotopic (exact) mass is 247 g/mol. The third-order valence-corrected chi connectivity index (χ3v) is 3.57. The van der Waals surface area contributed by atoms with Crippen LogP contribution in [-0.2, 0) is 4.79 Å². The minimum atomic E-state index is 0.109. The number of carbonyl (C=O) groups is 1. The number of carbonyl (C=O) groups excluding carboxylic acids is 1. The van der Waals surface area contributed by atoms with Crippen molar-refractivity contribution in [2.45, 2.75) is 45.4 Å². The van der Waals surface area contributed by atoms with Gasteiger partial charge in [-0.2, -0.15) is 0 Å². The highest BCUT2D eigenvalue weighted by Gasteiger charge is 2.20. The number of nitrogens with one attached hydrogen (secondary N) is 1. The number of rotatable bonds is 2. The first-order valence-electron chi connectivity index (χ1n) is 6.70. The summed E-state index contributed by atoms with van der Waals surface area (Å²) in [5.41, 5.74) is 7.19. The van der Waals surface area contributed by atoms with E-state index in [1.165, 1.54) is 12.8 Å². The Morgan fingerprint density at radius 1 is 1.33 bits per heavy atom. The van der Waals surface area contributed by atoms with Crippen LogP contribution in [0.25, 0.3) is 0 Å². The van der Waals surface area contributed by atoms with Crippen LogP contribution in [0.3, 0.4) is 0 Å². The van der Waals surface area contributed by atoms with Crippen LogP contribution < -0.4 is 11.1 Å². The molecule has 98 valence electrons. The second-order valence-corrected chi connectivity index (χ2v) is 5.11. The van der Waals surface area contributed by atoms with E-state index in [-0.39, 0.29) is 11.8 Å². The van der Waals surface area contributed by atoms with Crippen molar-refractivity contribution >= 4 is 17.4 Å². The van der Waals surface area contributed by atoms with E-state index >= 15 is 0 Å². The predicted molar refractivity (Wildman–Crippen MR) is 73.2 cm³/mol. The molecular weight excluding hydrogens is 226 g/mol. The molecule has 0 spiro atoms. The van der Waals surface area contributed by atoms with Crippen LogP contribution in [0, 0.1) is 12.8 Å². The maximum atomic E-state index is 12.2. The molecule has 0 atom stereocenters. The molecule has 3 N–H and O–H groups in total. The second-order valence-electron chi connectivity index (χ2n) is 5.11. The van der Waals surface area contributed by atoms with Gasteiger partial charge in [-0.05, 0) is 31.4 Å². The largest absolute Gasteiger partial charge is 0.397 e. The lowest BCUT2D eigenvalue weighted by molar-refractivity contribution is -0.120. The maximum Gasteiger partial charge on any atom is 0.228 e. The molecule has 1 aliphatic carbocycles. The van der Waals surface area contributed by atoms with E-state index in [2.05, 4.69) is 10.3 Å². The quantitative estimate of drug-likeness (QED) is 0.790. The number of nitrogens with two attached hydrogens (primary N) is 1. The molecule has 0 saturated heterocycles. The van der Waals surface area contributed by atoms with Gasteiger partial charge in [-0.15, -0.1) is 0 Å². The standard InChI is InChI=1S/C14H21N3O/c1-10-8-12(15)9-16-13(10)17-14(18)11-6-4-2-3-5-7-11/h8-9,11H,2-7,15H2,1H3,(H,16,17,18). The summed E-state index contributed by atoms with van der Waals surface area (Å²) in [5.74, 6) is 0.891. The first kappa shape index (κ1) is 12.9. The average Bonchev–Trinajstić information content (AvgIpc) is 2.61. The van der Waals surface area contributed by atoms with Crippen LogP contribution in [0.15, 0.2) is 12.3 Å². The van der Waals surface area contributed by atoms with Gasteiger partial charge in [0.15, 0.2) is 0 Å². The Labute approximate surface area is 108 Å². The Balaban J connectivity index is 2.01. The molecule has 1 fully saturated rings. The van der Waals surface area contributed by atoms with Crippen molar-refractivity contribution in [1.29, 1.82) is 0 Å². The van der Waals surface area contributed by atoms with Gasteiger partial charge in [0.2, 0.25) is 5.91 Å². The van der Waals surface area contributed by atoms with Crippen molar-refractivity contribution in [1.82, 2.24) is 4.98 Å². The average molecular weight is 247 g/mol. The molecule has 0 radical (unpaired) electrons. The normalized spacial score (nSPS) is 17.2. The summed E-state index contributed by atoms with van der Waals surface area (Å²) in [4.78, 5) is 16.4. The molecule has 4 nitrogen and oxygen atoms in total. The lowest BCUT2D eigenvalue weighted by atomic mass is 9.99. The van der Waals surface area contributed by atoms with Gasteiger partial charge in [0, 0.05) is 5.92 Å². The lowest BCUT2D eigenvalue weighted by Crippen LogP contribution is -2.23. The van der Waals surface area contributed by atoms with Crippen molar-refractivity contribution in [2.24, 2.45) is 5.92 Å². The number of aryl methyl sites for hydroxylation is 1. The topological polar surface area (TPSA) is 68.0 Å². The Morgan fingerprint density at radius 3 is 2.61 bits per heavy atom. The number of pyridine rings is 1. The van der Waals surface area contributed by atoms with Crippen molar-refractivity contribution in [3.05, 3.63) is 17.8 Å². The van der Waals surface area contributed by atoms with Gasteiger partial charge in [-0.25, -0.2) is 4.98 Å². The minimum Gasteiger partial charge on any atom is -0.397 e. The summed E-state index contributed by atoms with van der Waals surface area (Å²) < 4.78 is 0. The van der Waals surface area contributed by atoms with Gasteiger partial charge in [0.25, 0.3) is 0 Å². The number of hydrogen-bond donors (Lipinski definition) is 2. The van der Waals surface area contributed by atoms with Crippen LogP contribution in [0.2, 0.25) is 0 Å². The number of nitrogens with zero attached hydrogens (tertiary/aromatic N) is 1. The van der Waals surface area contributed by atoms with Crippen LogP contribution in [0.5, 0.6) is 0 Å². The van der Waals surface area contributed by atoms with Crippen molar-refractivity contribution in [3.63, 3.8) is 0 Å². The summed E-state index contributed by atoms with van der Waals surface area (Å²) in [6.07, 6.45) is 8.40. The zero-order valence-corrected chi connectivity index (χ0v) is 10.9. The Bertz CT molecular complexity index is 423. The van der Waals surface area contributed by atoms with Crippen molar-refractivity contribution in [3.8, 4) is 0 Å². The van der Waals surface area contributed by atoms with Crippen LogP contribution >= 0.6 is 0 Å². The highest BCUT2D eigenvalue weighted by molar-refractivity contribution is 5.92. The maximum absolute atomic E-state index is 12.2. The van der Waals surface area contributed by atoms with E-state index in [1.807, 2.05) is 13.0 Å². The molecule has 4 heteroatoms. The zero-order valence-electron chi connectivity index (χ0n) is 10.9. The van der Waals surface area contributed by atoms with E-state index in [0.717, 1.165) is 31.2 Å². The molecule has 1 heterocycles. The Kier molecular flexibility index (Phi) is 4.18. The SMILES string of the molecule is Cc1cc(N)cnc1NC(=O)C1CCCCCC1. The molecule has 0 unspecified atom stereocenters. The molecule has 1 aromatic rings. The van der Waals surface area contributed by atoms with E-state index in [9.17, 15) is 4.79 Å². The van der Waals surface area contributed by atoms with Crippen LogP contribution in [-0.4, -0.2) is 10.9 Å². The van der Waals surface area contributed by atoms with Gasteiger partial charge < -0.3 is 11.1 Å². The molecule has 0 aliphatic heterocycles. The zero-order chi connectivity index (χ0) is 13.0. The van der Waals surface area contributed by atoms with Crippen molar-refractivity contribution < 1.29 is 4.79 Å². The lowest BCUT2D eigenvalue weighted by Gasteiger charge is -2.14. The van der Waals surface area contributed by atoms with E-state index in [1.54, 1.807) is 6.20 Å². The van der Waals surface area contributed by atoms with Crippen LogP contribution in [0.4, 0.5) is 11.5 Å². The molecule has 18 heavy (non-hydrogen) atoms. The fourth-order valence-electron chi connectivity index (χ4n) is 2.49. The highest BCUT2D eigenvalue weighted by atomic mass is 16.1. The Morgan fingerprint density at radius 2 is 2.00 bits per heavy atom. The molecule has 1 aliphatic rings. The van der Waals surface area contributed by atoms with Crippen molar-refractivity contribution in [2.75, 3.05) is 11.1 Å². The summed E-state index contributed by atoms with van der Waals surface area (Å²) in [5, 5.41) is 2.93. The summed E-state index contributed by atoms with van der Waals surface area (Å²) in [6, 6.07) is 1.83. The second kappa shape index (κ2) is 5.85. The van der Waals surface area contributed by atoms with E-state index in [4.69, 9.17) is 5.73 Å². The molecule has 0 bridgehead atoms. The molecular formula is C14H21N3O. The third kappa shape index (κ3) is 3.22. The smallest absolute Gasteiger partial charge is 0.228 e. The summed E-state index contributed by atoms with van der Waals surface area (Å²) in [6.45, 7) is 1.91. The molecule has 1 saturated carbocycles. The third-order valence-electron chi connectivity index (χ3n) is 3.57.